The van der Waals surface area contributed by atoms with Gasteiger partial charge in [0.25, 0.3) is 5.91 Å². The molecule has 290 valence electrons. The minimum atomic E-state index is 0. The highest BCUT2D eigenvalue weighted by Gasteiger charge is 2.24. The number of amides is 1. The van der Waals surface area contributed by atoms with E-state index in [1.165, 1.54) is 77.0 Å². The molecule has 1 aliphatic heterocycles. The molecule has 0 radical (unpaired) electrons. The Morgan fingerprint density at radius 3 is 1.96 bits per heavy atom. The molecule has 0 fully saturated rings. The van der Waals surface area contributed by atoms with Crippen LogP contribution < -0.4 is 27.2 Å². The molecule has 0 spiro atoms. The number of nitrogens with zero attached hydrogens (tertiary/aromatic N) is 3. The van der Waals surface area contributed by atoms with E-state index < -0.39 is 0 Å². The van der Waals surface area contributed by atoms with Crippen molar-refractivity contribution in [2.24, 2.45) is 0 Å². The summed E-state index contributed by atoms with van der Waals surface area (Å²) in [6.45, 7) is 15.5. The Morgan fingerprint density at radius 1 is 0.698 bits per heavy atom. The van der Waals surface area contributed by atoms with Crippen molar-refractivity contribution >= 4 is 22.6 Å². The van der Waals surface area contributed by atoms with E-state index in [0.717, 1.165) is 95.6 Å². The zero-order valence-electron chi connectivity index (χ0n) is 33.9. The van der Waals surface area contributed by atoms with Gasteiger partial charge in [0, 0.05) is 66.6 Å². The van der Waals surface area contributed by atoms with Gasteiger partial charge in [0.2, 0.25) is 5.36 Å². The van der Waals surface area contributed by atoms with E-state index in [9.17, 15) is 4.79 Å². The number of hydrogen-bond donors (Lipinski definition) is 0. The molecule has 5 nitrogen and oxygen atoms in total. The second-order valence-electron chi connectivity index (χ2n) is 14.4. The van der Waals surface area contributed by atoms with Gasteiger partial charge in [0.15, 0.2) is 0 Å². The number of carbonyl (C=O) groups is 1. The van der Waals surface area contributed by atoms with E-state index >= 15 is 0 Å². The highest BCUT2D eigenvalue weighted by molar-refractivity contribution is 6.09. The van der Waals surface area contributed by atoms with Gasteiger partial charge >= 0.3 is 0 Å². The van der Waals surface area contributed by atoms with Crippen LogP contribution in [0.3, 0.4) is 0 Å². The number of anilines is 1. The quantitative estimate of drug-likeness (QED) is 0.0330. The van der Waals surface area contributed by atoms with Crippen molar-refractivity contribution in [3.05, 3.63) is 83.7 Å². The Bertz CT molecular complexity index is 1730. The van der Waals surface area contributed by atoms with Gasteiger partial charge in [-0.25, -0.2) is 4.58 Å². The topological polar surface area (TPSA) is 39.7 Å². The third kappa shape index (κ3) is 12.5. The first-order chi connectivity index (χ1) is 25.5. The van der Waals surface area contributed by atoms with Crippen LogP contribution in [0.2, 0.25) is 0 Å². The number of benzene rings is 3. The van der Waals surface area contributed by atoms with Crippen LogP contribution in [0.25, 0.3) is 33.4 Å². The van der Waals surface area contributed by atoms with Crippen molar-refractivity contribution in [1.82, 2.24) is 9.48 Å². The van der Waals surface area contributed by atoms with Gasteiger partial charge < -0.3 is 26.6 Å². The minimum Gasteiger partial charge on any atom is -1.00 e. The molecule has 2 aromatic rings. The fourth-order valence-corrected chi connectivity index (χ4v) is 7.52. The fourth-order valence-electron chi connectivity index (χ4n) is 7.52. The van der Waals surface area contributed by atoms with Crippen LogP contribution >= 0.6 is 0 Å². The van der Waals surface area contributed by atoms with Crippen LogP contribution in [0, 0.1) is 0 Å². The molecule has 1 heterocycles. The zero-order valence-corrected chi connectivity index (χ0v) is 34.7. The van der Waals surface area contributed by atoms with Crippen molar-refractivity contribution in [1.29, 1.82) is 0 Å². The number of allylic oxidation sites excluding steroid dienone is 2. The van der Waals surface area contributed by atoms with Crippen LogP contribution in [0.5, 0.6) is 0 Å². The first-order valence-corrected chi connectivity index (χ1v) is 20.8. The number of rotatable bonds is 23. The van der Waals surface area contributed by atoms with E-state index in [1.807, 2.05) is 30.1 Å². The van der Waals surface area contributed by atoms with Crippen LogP contribution in [0.1, 0.15) is 135 Å². The monoisotopic (exact) mass is 742 g/mol. The number of unbranched alkanes of at least 4 members (excludes halogenated alkanes) is 12. The fraction of sp³-hybridized carbons (Fsp3) is 0.532. The lowest BCUT2D eigenvalue weighted by atomic mass is 9.90. The smallest absolute Gasteiger partial charge is 0.254 e. The molecule has 0 N–H and O–H groups in total. The third-order valence-electron chi connectivity index (χ3n) is 10.7. The van der Waals surface area contributed by atoms with E-state index in [-0.39, 0.29) is 18.3 Å². The molecule has 0 unspecified atom stereocenters. The molecule has 53 heavy (non-hydrogen) atoms. The summed E-state index contributed by atoms with van der Waals surface area (Å²) in [5, 5.41) is 2.17. The van der Waals surface area contributed by atoms with E-state index in [4.69, 9.17) is 4.42 Å². The van der Waals surface area contributed by atoms with Gasteiger partial charge in [-0.05, 0) is 89.6 Å². The first kappa shape index (κ1) is 43.8. The molecule has 1 aliphatic carbocycles. The number of halogens is 1. The number of fused-ring (bicyclic) bond motifs is 2. The SMILES string of the molecule is CCCCCCCCC=CCCCCCCCCN(C)C(=O)c1ccccc1-c1c2ccc(=[N+](CC)CC)cc-2oc2cc(N(CC)CC)ccc12.[Cl-]. The number of hydrogen-bond acceptors (Lipinski definition) is 3. The summed E-state index contributed by atoms with van der Waals surface area (Å²) >= 11 is 0. The second kappa shape index (κ2) is 24.0. The Morgan fingerprint density at radius 2 is 1.32 bits per heavy atom. The van der Waals surface area contributed by atoms with E-state index in [0.29, 0.717) is 0 Å². The molecule has 2 aromatic carbocycles. The zero-order chi connectivity index (χ0) is 37.1. The summed E-state index contributed by atoms with van der Waals surface area (Å²) in [7, 11) is 1.96. The largest absolute Gasteiger partial charge is 1.00 e. The van der Waals surface area contributed by atoms with Crippen LogP contribution in [0.4, 0.5) is 5.69 Å². The van der Waals surface area contributed by atoms with Crippen molar-refractivity contribution in [3.63, 3.8) is 0 Å². The molecular weight excluding hydrogens is 674 g/mol. The van der Waals surface area contributed by atoms with Crippen LogP contribution in [-0.4, -0.2) is 50.6 Å². The molecule has 6 heteroatoms. The maximum absolute atomic E-state index is 14.1. The Balaban J connectivity index is 0.00000756. The summed E-state index contributed by atoms with van der Waals surface area (Å²) < 4.78 is 9.05. The summed E-state index contributed by atoms with van der Waals surface area (Å²) in [6.07, 6.45) is 22.8. The van der Waals surface area contributed by atoms with Crippen molar-refractivity contribution < 1.29 is 21.6 Å². The van der Waals surface area contributed by atoms with Crippen LogP contribution in [0.15, 0.2) is 77.2 Å². The van der Waals surface area contributed by atoms with Crippen molar-refractivity contribution in [2.75, 3.05) is 44.7 Å². The normalized spacial score (nSPS) is 11.4. The Kier molecular flexibility index (Phi) is 19.8. The molecule has 0 atom stereocenters. The highest BCUT2D eigenvalue weighted by atomic mass is 35.5. The summed E-state index contributed by atoms with van der Waals surface area (Å²) in [5.74, 6) is 0.911. The van der Waals surface area contributed by atoms with Crippen molar-refractivity contribution in [3.8, 4) is 22.5 Å². The lowest BCUT2D eigenvalue weighted by Gasteiger charge is -2.23. The summed E-state index contributed by atoms with van der Waals surface area (Å²) in [6, 6.07) is 21.2. The van der Waals surface area contributed by atoms with Crippen molar-refractivity contribution in [2.45, 2.75) is 125 Å². The lowest BCUT2D eigenvalue weighted by Crippen LogP contribution is -3.00. The molecule has 0 saturated heterocycles. The maximum Gasteiger partial charge on any atom is 0.254 e. The first-order valence-electron chi connectivity index (χ1n) is 20.8. The second-order valence-corrected chi connectivity index (χ2v) is 14.4. The summed E-state index contributed by atoms with van der Waals surface area (Å²) in [4.78, 5) is 18.4. The van der Waals surface area contributed by atoms with Gasteiger partial charge in [-0.15, -0.1) is 0 Å². The minimum absolute atomic E-state index is 0. The molecular formula is C47H68ClN3O2. The van der Waals surface area contributed by atoms with Gasteiger partial charge in [-0.2, -0.15) is 0 Å². The summed E-state index contributed by atoms with van der Waals surface area (Å²) in [5.41, 5.74) is 5.76. The molecule has 0 aromatic heterocycles. The predicted octanol–water partition coefficient (Wildman–Crippen LogP) is 8.98. The average Bonchev–Trinajstić information content (AvgIpc) is 3.17. The number of carbonyl (C=O) groups excluding carboxylic acids is 1. The molecule has 4 rings (SSSR count). The van der Waals surface area contributed by atoms with Gasteiger partial charge in [0.05, 0.1) is 6.07 Å². The van der Waals surface area contributed by atoms with E-state index in [1.54, 1.807) is 0 Å². The standard InChI is InChI=1S/C47H68N3O2.ClH/c1-7-12-13-14-15-16-17-18-19-20-21-22-23-24-25-28-35-48(6)47(51)41-30-27-26-29-40(41)46-42-33-31-38(49(8-2)9-3)36-44(42)52-45-37-39(32-34-43(45)46)50(10-4)11-5;/h18-19,26-27,29-34,36-37H,7-17,20-25,28,35H2,1-6H3;1H/q+1;/p-1. The molecule has 2 aliphatic rings. The van der Waals surface area contributed by atoms with Crippen LogP contribution in [-0.2, 0) is 0 Å². The predicted molar refractivity (Wildman–Crippen MR) is 225 cm³/mol. The lowest BCUT2D eigenvalue weighted by molar-refractivity contribution is -0.0000205. The van der Waals surface area contributed by atoms with Gasteiger partial charge in [0.1, 0.15) is 24.4 Å². The molecule has 0 bridgehead atoms. The van der Waals surface area contributed by atoms with E-state index in [2.05, 4.69) is 98.7 Å². The van der Waals surface area contributed by atoms with Gasteiger partial charge in [-0.3, -0.25) is 4.79 Å². The Labute approximate surface area is 327 Å². The Hall–Kier alpha value is -3.57. The maximum atomic E-state index is 14.1. The highest BCUT2D eigenvalue weighted by Crippen LogP contribution is 2.42. The van der Waals surface area contributed by atoms with Gasteiger partial charge in [-0.1, -0.05) is 95.1 Å². The average molecular weight is 743 g/mol. The third-order valence-corrected chi connectivity index (χ3v) is 10.7. The molecule has 1 amide bonds. The molecule has 0 saturated carbocycles.